The number of halogens is 5. The SMILES string of the molecule is Cc1c(CS(=O)[O-])c(-c2cc(F)cc(N3CCN(c4ccc(NS(=O)(=O)c5ccc(N[C@H](CCN6CCC(C(=O)O)CC6)CSc6ccccc6)c(S(=O)(=O)C(F)(F)F)c5)cc4)CC3)c2)c(-c2ccc(Cl)cc2)n1C(C)C. The largest absolute Gasteiger partial charge is 0.772 e. The van der Waals surface area contributed by atoms with Gasteiger partial charge in [0.25, 0.3) is 19.9 Å². The number of aliphatic carboxylic acids is 1. The minimum absolute atomic E-state index is 0.0622. The lowest BCUT2D eigenvalue weighted by molar-refractivity contribution is -0.143. The van der Waals surface area contributed by atoms with Crippen molar-refractivity contribution in [2.24, 2.45) is 5.92 Å². The van der Waals surface area contributed by atoms with Crippen LogP contribution in [-0.4, -0.2) is 109 Å². The van der Waals surface area contributed by atoms with Crippen molar-refractivity contribution in [2.75, 3.05) is 71.4 Å². The Balaban J connectivity index is 0.978. The number of sulfone groups is 1. The first-order valence-corrected chi connectivity index (χ1v) is 30.4. The normalized spacial score (nSPS) is 15.9. The minimum atomic E-state index is -6.09. The summed E-state index contributed by atoms with van der Waals surface area (Å²) in [5.74, 6) is -1.80. The molecule has 2 saturated heterocycles. The molecule has 2 atom stereocenters. The molecule has 3 N–H and O–H groups in total. The van der Waals surface area contributed by atoms with E-state index in [2.05, 4.69) is 19.5 Å². The second-order valence-electron chi connectivity index (χ2n) is 19.3. The van der Waals surface area contributed by atoms with E-state index in [0.717, 1.165) is 39.7 Å². The zero-order chi connectivity index (χ0) is 55.4. The molecule has 0 saturated carbocycles. The number of likely N-dealkylation sites (tertiary alicyclic amines) is 1. The summed E-state index contributed by atoms with van der Waals surface area (Å²) in [6.07, 6.45) is 1.23. The number of carboxylic acids is 1. The summed E-state index contributed by atoms with van der Waals surface area (Å²) in [4.78, 5) is 16.6. The number of hydrogen-bond donors (Lipinski definition) is 3. The average molecular weight is 1160 g/mol. The van der Waals surface area contributed by atoms with Gasteiger partial charge in [0.05, 0.1) is 22.2 Å². The van der Waals surface area contributed by atoms with E-state index in [0.29, 0.717) is 104 Å². The Kier molecular flexibility index (Phi) is 18.1. The van der Waals surface area contributed by atoms with Crippen molar-refractivity contribution in [3.05, 3.63) is 137 Å². The van der Waals surface area contributed by atoms with Crippen LogP contribution in [0.2, 0.25) is 5.02 Å². The Labute approximate surface area is 458 Å². The Morgan fingerprint density at radius 1 is 0.844 bits per heavy atom. The maximum absolute atomic E-state index is 15.8. The number of anilines is 4. The summed E-state index contributed by atoms with van der Waals surface area (Å²) in [5.41, 5.74) is -0.846. The number of rotatable bonds is 20. The smallest absolute Gasteiger partial charge is 0.501 e. The van der Waals surface area contributed by atoms with Crippen LogP contribution in [0.15, 0.2) is 130 Å². The molecular formula is C54H58ClF4N6O8S4-. The molecule has 6 aromatic rings. The molecule has 0 spiro atoms. The summed E-state index contributed by atoms with van der Waals surface area (Å²) in [6, 6.07) is 29.4. The number of thioether (sulfide) groups is 1. The number of benzene rings is 5. The van der Waals surface area contributed by atoms with Gasteiger partial charge >= 0.3 is 11.5 Å². The topological polar surface area (TPSA) is 184 Å². The third kappa shape index (κ3) is 13.6. The summed E-state index contributed by atoms with van der Waals surface area (Å²) >= 11 is 5.21. The first kappa shape index (κ1) is 57.6. The quantitative estimate of drug-likeness (QED) is 0.0373. The summed E-state index contributed by atoms with van der Waals surface area (Å²) in [7, 11) is -10.7. The van der Waals surface area contributed by atoms with E-state index in [4.69, 9.17) is 11.6 Å². The van der Waals surface area contributed by atoms with Gasteiger partial charge < -0.3 is 34.2 Å². The van der Waals surface area contributed by atoms with E-state index in [1.807, 2.05) is 79.1 Å². The zero-order valence-electron chi connectivity index (χ0n) is 42.3. The van der Waals surface area contributed by atoms with Crippen molar-refractivity contribution in [2.45, 2.75) is 78.1 Å². The van der Waals surface area contributed by atoms with Crippen LogP contribution < -0.4 is 19.8 Å². The van der Waals surface area contributed by atoms with Gasteiger partial charge in [0.2, 0.25) is 0 Å². The van der Waals surface area contributed by atoms with Crippen LogP contribution in [0.5, 0.6) is 0 Å². The van der Waals surface area contributed by atoms with Crippen molar-refractivity contribution < 1.29 is 53.1 Å². The van der Waals surface area contributed by atoms with E-state index in [1.165, 1.54) is 36.0 Å². The third-order valence-corrected chi connectivity index (χ3v) is 18.8. The van der Waals surface area contributed by atoms with Crippen molar-refractivity contribution >= 4 is 83.0 Å². The molecule has 1 unspecified atom stereocenters. The summed E-state index contributed by atoms with van der Waals surface area (Å²) < 4.78 is 142. The highest BCUT2D eigenvalue weighted by molar-refractivity contribution is 7.99. The standard InChI is InChI=1S/C54H59ClF4N6O8S4/c1-35(2)65-36(3)48(34-75(68)69)51(52(65)37-9-11-40(55)12-10-37)39-29-41(56)31-45(30-39)64-27-25-63(26-28-64)44-15-13-42(14-16-44)61-77(72,73)47-17-18-49(50(32-47)76(70,71)54(57,58)59)60-43(33-74-46-7-5-4-6-8-46)21-24-62-22-19-38(20-23-62)53(66)67/h4-18,29-32,35,38,43,60-61H,19-28,33-34H2,1-3H3,(H,66,67)(H,68,69)/p-1/t43-/m1/s1. The van der Waals surface area contributed by atoms with Gasteiger partial charge in [0.1, 0.15) is 10.7 Å². The third-order valence-electron chi connectivity index (χ3n) is 13.9. The van der Waals surface area contributed by atoms with Crippen LogP contribution in [0, 0.1) is 18.7 Å². The zero-order valence-corrected chi connectivity index (χ0v) is 46.3. The molecule has 412 valence electrons. The molecule has 14 nitrogen and oxygen atoms in total. The van der Waals surface area contributed by atoms with E-state index in [9.17, 15) is 48.7 Å². The monoisotopic (exact) mass is 1160 g/mol. The predicted molar refractivity (Wildman–Crippen MR) is 295 cm³/mol. The number of nitrogens with zero attached hydrogens (tertiary/aromatic N) is 4. The first-order valence-electron chi connectivity index (χ1n) is 24.8. The Morgan fingerprint density at radius 3 is 2.08 bits per heavy atom. The molecule has 8 rings (SSSR count). The number of alkyl halides is 3. The van der Waals surface area contributed by atoms with Gasteiger partial charge in [-0.15, -0.1) is 11.8 Å². The molecule has 0 aliphatic carbocycles. The Morgan fingerprint density at radius 2 is 1.48 bits per heavy atom. The van der Waals surface area contributed by atoms with Crippen molar-refractivity contribution in [1.29, 1.82) is 0 Å². The number of piperidine rings is 1. The fourth-order valence-corrected chi connectivity index (χ4v) is 13.8. The maximum Gasteiger partial charge on any atom is 0.501 e. The molecule has 0 bridgehead atoms. The lowest BCUT2D eigenvalue weighted by atomic mass is 9.96. The molecule has 1 aromatic heterocycles. The highest BCUT2D eigenvalue weighted by Gasteiger charge is 2.48. The number of carboxylic acid groups (broad SMARTS) is 1. The molecule has 3 heterocycles. The Bertz CT molecular complexity index is 3320. The molecule has 5 aromatic carbocycles. The molecule has 0 radical (unpaired) electrons. The van der Waals surface area contributed by atoms with Crippen LogP contribution in [-0.2, 0) is 41.5 Å². The maximum atomic E-state index is 15.8. The number of sulfonamides is 1. The molecule has 23 heteroatoms. The second kappa shape index (κ2) is 24.2. The highest BCUT2D eigenvalue weighted by atomic mass is 35.5. The van der Waals surface area contributed by atoms with Crippen molar-refractivity contribution in [1.82, 2.24) is 9.47 Å². The summed E-state index contributed by atoms with van der Waals surface area (Å²) in [5, 5.41) is 13.0. The number of piperazine rings is 1. The molecular weight excluding hydrogens is 1100 g/mol. The number of nitrogens with one attached hydrogen (secondary N) is 2. The summed E-state index contributed by atoms with van der Waals surface area (Å²) in [6.45, 7) is 9.18. The molecule has 2 aliphatic rings. The van der Waals surface area contributed by atoms with E-state index >= 15 is 4.39 Å². The van der Waals surface area contributed by atoms with Crippen LogP contribution >= 0.6 is 23.4 Å². The lowest BCUT2D eigenvalue weighted by Crippen LogP contribution is -2.46. The number of aromatic nitrogens is 1. The number of carbonyl (C=O) groups is 1. The van der Waals surface area contributed by atoms with Crippen molar-refractivity contribution in [3.63, 3.8) is 0 Å². The molecule has 77 heavy (non-hydrogen) atoms. The van der Waals surface area contributed by atoms with Gasteiger partial charge in [-0.3, -0.25) is 13.7 Å². The van der Waals surface area contributed by atoms with Crippen LogP contribution in [0.1, 0.15) is 50.4 Å². The molecule has 2 aliphatic heterocycles. The average Bonchev–Trinajstić information content (AvgIpc) is 3.74. The highest BCUT2D eigenvalue weighted by Crippen LogP contribution is 2.44. The molecule has 2 fully saturated rings. The van der Waals surface area contributed by atoms with Crippen LogP contribution in [0.3, 0.4) is 0 Å². The lowest BCUT2D eigenvalue weighted by Gasteiger charge is -2.37. The molecule has 0 amide bonds. The minimum Gasteiger partial charge on any atom is -0.772 e. The van der Waals surface area contributed by atoms with Gasteiger partial charge in [-0.05, 0) is 155 Å². The van der Waals surface area contributed by atoms with Gasteiger partial charge in [-0.1, -0.05) is 53.0 Å². The number of hydrogen-bond acceptors (Lipinski definition) is 12. The van der Waals surface area contributed by atoms with Gasteiger partial charge in [0, 0.05) is 94.6 Å². The fraction of sp³-hybridized carbons (Fsp3) is 0.352. The van der Waals surface area contributed by atoms with E-state index in [1.54, 1.807) is 24.3 Å². The predicted octanol–water partition coefficient (Wildman–Crippen LogP) is 11.1. The van der Waals surface area contributed by atoms with Crippen LogP contribution in [0.25, 0.3) is 22.4 Å². The fourth-order valence-electron chi connectivity index (χ4n) is 9.99. The van der Waals surface area contributed by atoms with E-state index < -0.39 is 75.7 Å². The van der Waals surface area contributed by atoms with E-state index in [-0.39, 0.29) is 17.5 Å². The Hall–Kier alpha value is -5.62. The second-order valence-corrected chi connectivity index (χ2v) is 25.4. The van der Waals surface area contributed by atoms with Crippen LogP contribution in [0.4, 0.5) is 40.3 Å². The van der Waals surface area contributed by atoms with Gasteiger partial charge in [-0.25, -0.2) is 21.2 Å². The van der Waals surface area contributed by atoms with Gasteiger partial charge in [-0.2, -0.15) is 13.2 Å². The van der Waals surface area contributed by atoms with Gasteiger partial charge in [0.15, 0.2) is 0 Å². The van der Waals surface area contributed by atoms with Crippen molar-refractivity contribution in [3.8, 4) is 22.4 Å². The first-order chi connectivity index (χ1) is 36.5.